The minimum absolute atomic E-state index is 0.0783. The van der Waals surface area contributed by atoms with Gasteiger partial charge in [0.15, 0.2) is 0 Å². The summed E-state index contributed by atoms with van der Waals surface area (Å²) in [4.78, 5) is 11.7. The van der Waals surface area contributed by atoms with Crippen LogP contribution in [0.5, 0.6) is 0 Å². The fraction of sp³-hybridized carbons (Fsp3) is 0.364. The van der Waals surface area contributed by atoms with E-state index in [9.17, 15) is 13.2 Å². The van der Waals surface area contributed by atoms with Gasteiger partial charge in [-0.3, -0.25) is 4.79 Å². The Kier molecular flexibility index (Phi) is 5.79. The number of hydrogen-bond donors (Lipinski definition) is 2. The molecule has 1 atom stereocenters. The van der Waals surface area contributed by atoms with Gasteiger partial charge in [0.1, 0.15) is 9.84 Å². The maximum Gasteiger partial charge on any atom is 0.241 e. The van der Waals surface area contributed by atoms with Gasteiger partial charge < -0.3 is 11.1 Å². The van der Waals surface area contributed by atoms with Crippen LogP contribution in [-0.4, -0.2) is 32.4 Å². The Balaban J connectivity index is 2.61. The highest BCUT2D eigenvalue weighted by molar-refractivity contribution is 9.10. The third-order valence-electron chi connectivity index (χ3n) is 2.32. The molecule has 0 saturated carbocycles. The lowest BCUT2D eigenvalue weighted by Gasteiger charge is -2.12. The van der Waals surface area contributed by atoms with E-state index in [2.05, 4.69) is 21.2 Å². The van der Waals surface area contributed by atoms with Crippen LogP contribution in [0, 0.1) is 0 Å². The molecule has 0 fully saturated rings. The molecule has 1 rings (SSSR count). The summed E-state index contributed by atoms with van der Waals surface area (Å²) in [5.74, 6) is -0.565. The lowest BCUT2D eigenvalue weighted by Crippen LogP contribution is -2.37. The van der Waals surface area contributed by atoms with Gasteiger partial charge in [0.2, 0.25) is 5.91 Å². The Hall–Kier alpha value is -0.630. The van der Waals surface area contributed by atoms with E-state index in [1.807, 2.05) is 0 Å². The number of sulfone groups is 1. The van der Waals surface area contributed by atoms with Gasteiger partial charge in [-0.25, -0.2) is 8.42 Å². The monoisotopic (exact) mass is 368 g/mol. The molecule has 5 nitrogen and oxygen atoms in total. The zero-order valence-electron chi connectivity index (χ0n) is 10.2. The summed E-state index contributed by atoms with van der Waals surface area (Å²) in [6.45, 7) is 0. The van der Waals surface area contributed by atoms with E-state index in [4.69, 9.17) is 17.3 Å². The summed E-state index contributed by atoms with van der Waals surface area (Å²) in [7, 11) is -3.13. The molecule has 1 amide bonds. The number of carbonyl (C=O) groups is 1. The zero-order chi connectivity index (χ0) is 14.6. The van der Waals surface area contributed by atoms with Crippen LogP contribution in [0.15, 0.2) is 22.7 Å². The first-order valence-electron chi connectivity index (χ1n) is 5.38. The quantitative estimate of drug-likeness (QED) is 0.828. The second-order valence-electron chi connectivity index (χ2n) is 4.14. The van der Waals surface area contributed by atoms with E-state index >= 15 is 0 Å². The summed E-state index contributed by atoms with van der Waals surface area (Å²) in [5, 5.41) is 3.04. The molecule has 0 saturated heterocycles. The van der Waals surface area contributed by atoms with Crippen molar-refractivity contribution in [3.05, 3.63) is 27.7 Å². The summed E-state index contributed by atoms with van der Waals surface area (Å²) in [6, 6.07) is 4.06. The number of nitrogens with one attached hydrogen (secondary N) is 1. The van der Waals surface area contributed by atoms with Gasteiger partial charge in [0.25, 0.3) is 0 Å². The number of benzene rings is 1. The average molecular weight is 370 g/mol. The van der Waals surface area contributed by atoms with Crippen LogP contribution in [0.2, 0.25) is 5.02 Å². The Morgan fingerprint density at radius 1 is 1.53 bits per heavy atom. The molecule has 1 aromatic carbocycles. The lowest BCUT2D eigenvalue weighted by molar-refractivity contribution is -0.117. The molecular formula is C11H14BrClN2O3S. The largest absolute Gasteiger partial charge is 0.325 e. The predicted molar refractivity (Wildman–Crippen MR) is 80.1 cm³/mol. The molecule has 0 aromatic heterocycles. The van der Waals surface area contributed by atoms with E-state index in [1.165, 1.54) is 0 Å². The number of amides is 1. The second-order valence-corrected chi connectivity index (χ2v) is 7.66. The van der Waals surface area contributed by atoms with Crippen LogP contribution in [0.1, 0.15) is 6.42 Å². The Morgan fingerprint density at radius 3 is 2.68 bits per heavy atom. The van der Waals surface area contributed by atoms with Gasteiger partial charge in [-0.1, -0.05) is 11.6 Å². The molecule has 0 aliphatic rings. The summed E-state index contributed by atoms with van der Waals surface area (Å²) in [5.41, 5.74) is 6.13. The van der Waals surface area contributed by atoms with Gasteiger partial charge in [-0.2, -0.15) is 0 Å². The van der Waals surface area contributed by atoms with Crippen LogP contribution in [0.3, 0.4) is 0 Å². The topological polar surface area (TPSA) is 89.3 Å². The highest BCUT2D eigenvalue weighted by atomic mass is 79.9. The molecule has 0 aliphatic carbocycles. The van der Waals surface area contributed by atoms with Gasteiger partial charge in [0, 0.05) is 16.4 Å². The molecule has 3 N–H and O–H groups in total. The molecule has 1 unspecified atom stereocenters. The minimum atomic E-state index is -3.13. The standard InChI is InChI=1S/C11H14BrClN2O3S/c1-19(17,18)5-4-10(14)11(16)15-7-2-3-8(12)9(13)6-7/h2-3,6,10H,4-5,14H2,1H3,(H,15,16). The van der Waals surface area contributed by atoms with E-state index in [0.29, 0.717) is 15.2 Å². The van der Waals surface area contributed by atoms with Crippen molar-refractivity contribution in [2.45, 2.75) is 12.5 Å². The van der Waals surface area contributed by atoms with Crippen LogP contribution < -0.4 is 11.1 Å². The van der Waals surface area contributed by atoms with Crippen molar-refractivity contribution in [1.29, 1.82) is 0 Å². The third-order valence-corrected chi connectivity index (χ3v) is 4.53. The van der Waals surface area contributed by atoms with Crippen LogP contribution in [-0.2, 0) is 14.6 Å². The van der Waals surface area contributed by atoms with Crippen molar-refractivity contribution in [3.8, 4) is 0 Å². The average Bonchev–Trinajstić information content (AvgIpc) is 2.29. The van der Waals surface area contributed by atoms with Gasteiger partial charge >= 0.3 is 0 Å². The smallest absolute Gasteiger partial charge is 0.241 e. The molecule has 106 valence electrons. The van der Waals surface area contributed by atoms with Crippen molar-refractivity contribution in [1.82, 2.24) is 0 Å². The first-order chi connectivity index (χ1) is 8.69. The maximum atomic E-state index is 11.7. The zero-order valence-corrected chi connectivity index (χ0v) is 13.3. The number of halogens is 2. The number of carbonyl (C=O) groups excluding carboxylic acids is 1. The molecule has 0 heterocycles. The van der Waals surface area contributed by atoms with Gasteiger partial charge in [0.05, 0.1) is 16.8 Å². The summed E-state index contributed by atoms with van der Waals surface area (Å²) >= 11 is 9.12. The van der Waals surface area contributed by atoms with Crippen molar-refractivity contribution >= 4 is 49.0 Å². The predicted octanol–water partition coefficient (Wildman–Crippen LogP) is 1.80. The lowest BCUT2D eigenvalue weighted by atomic mass is 10.2. The molecule has 0 radical (unpaired) electrons. The van der Waals surface area contributed by atoms with E-state index in [-0.39, 0.29) is 12.2 Å². The summed E-state index contributed by atoms with van der Waals surface area (Å²) in [6.07, 6.45) is 1.18. The number of hydrogen-bond acceptors (Lipinski definition) is 4. The molecule has 0 spiro atoms. The Morgan fingerprint density at radius 2 is 2.16 bits per heavy atom. The molecule has 0 bridgehead atoms. The van der Waals surface area contributed by atoms with Crippen molar-refractivity contribution in [3.63, 3.8) is 0 Å². The summed E-state index contributed by atoms with van der Waals surface area (Å²) < 4.78 is 22.7. The van der Waals surface area contributed by atoms with Crippen molar-refractivity contribution in [2.24, 2.45) is 5.73 Å². The number of nitrogens with two attached hydrogens (primary N) is 1. The maximum absolute atomic E-state index is 11.7. The first kappa shape index (κ1) is 16.4. The van der Waals surface area contributed by atoms with E-state index < -0.39 is 21.8 Å². The van der Waals surface area contributed by atoms with E-state index in [1.54, 1.807) is 18.2 Å². The minimum Gasteiger partial charge on any atom is -0.325 e. The highest BCUT2D eigenvalue weighted by Gasteiger charge is 2.16. The normalized spacial score (nSPS) is 13.1. The fourth-order valence-electron chi connectivity index (χ4n) is 1.28. The van der Waals surface area contributed by atoms with Crippen molar-refractivity contribution in [2.75, 3.05) is 17.3 Å². The molecular weight excluding hydrogens is 356 g/mol. The molecule has 19 heavy (non-hydrogen) atoms. The second kappa shape index (κ2) is 6.69. The first-order valence-corrected chi connectivity index (χ1v) is 8.61. The van der Waals surface area contributed by atoms with Crippen molar-refractivity contribution < 1.29 is 13.2 Å². The van der Waals surface area contributed by atoms with Crippen LogP contribution >= 0.6 is 27.5 Å². The SMILES string of the molecule is CS(=O)(=O)CCC(N)C(=O)Nc1ccc(Br)c(Cl)c1. The highest BCUT2D eigenvalue weighted by Crippen LogP contribution is 2.25. The van der Waals surface area contributed by atoms with Crippen LogP contribution in [0.25, 0.3) is 0 Å². The molecule has 0 aliphatic heterocycles. The fourth-order valence-corrected chi connectivity index (χ4v) is 2.39. The van der Waals surface area contributed by atoms with Crippen LogP contribution in [0.4, 0.5) is 5.69 Å². The van der Waals surface area contributed by atoms with Gasteiger partial charge in [-0.15, -0.1) is 0 Å². The van der Waals surface area contributed by atoms with Gasteiger partial charge in [-0.05, 0) is 40.5 Å². The molecule has 1 aromatic rings. The third kappa shape index (κ3) is 5.90. The van der Waals surface area contributed by atoms with E-state index in [0.717, 1.165) is 6.26 Å². The molecule has 8 heteroatoms. The number of anilines is 1. The Labute approximate surface area is 125 Å². The Bertz CT molecular complexity index is 577. The number of rotatable bonds is 5.